The summed E-state index contributed by atoms with van der Waals surface area (Å²) in [5, 5.41) is 2.27. The standard InChI is InChI=1S/C37H27NO.C15H18/c1-26-14-16-29(17-15-26)30-10-7-11-32(24-30)38(31-20-18-28(19-21-31)27-8-3-2-4-9-27)33-22-23-35-34-12-5-6-13-36(34)39-37(35)25-33;1-5-9-14(12(3)6-2)15-11-8-7-10-13(15)4/h2-25H,1H3;5-11H,2H2,1,3-4H3/b;9-5-,14-12+. The number of hydrogen-bond acceptors (Lipinski definition) is 2. The Morgan fingerprint density at radius 3 is 1.87 bits per heavy atom. The van der Waals surface area contributed by atoms with Crippen LogP contribution in [-0.2, 0) is 0 Å². The molecular weight excluding hydrogens is 655 g/mol. The highest BCUT2D eigenvalue weighted by Gasteiger charge is 2.16. The summed E-state index contributed by atoms with van der Waals surface area (Å²) in [5.74, 6) is 0. The fourth-order valence-electron chi connectivity index (χ4n) is 6.89. The normalized spacial score (nSPS) is 11.6. The number of rotatable bonds is 8. The highest BCUT2D eigenvalue weighted by molar-refractivity contribution is 6.06. The minimum absolute atomic E-state index is 0.884. The molecule has 8 rings (SSSR count). The molecule has 0 unspecified atom stereocenters. The van der Waals surface area contributed by atoms with E-state index in [1.165, 1.54) is 50.1 Å². The van der Waals surface area contributed by atoms with Crippen molar-refractivity contribution >= 4 is 44.6 Å². The second-order valence-electron chi connectivity index (χ2n) is 13.6. The smallest absolute Gasteiger partial charge is 0.137 e. The molecule has 54 heavy (non-hydrogen) atoms. The van der Waals surface area contributed by atoms with Crippen molar-refractivity contribution in [3.8, 4) is 22.3 Å². The molecule has 0 aliphatic rings. The number of hydrogen-bond donors (Lipinski definition) is 0. The highest BCUT2D eigenvalue weighted by Crippen LogP contribution is 2.40. The third-order valence-electron chi connectivity index (χ3n) is 9.84. The zero-order valence-electron chi connectivity index (χ0n) is 31.5. The maximum Gasteiger partial charge on any atom is 0.137 e. The second-order valence-corrected chi connectivity index (χ2v) is 13.6. The van der Waals surface area contributed by atoms with Crippen LogP contribution in [-0.4, -0.2) is 0 Å². The van der Waals surface area contributed by atoms with Crippen molar-refractivity contribution in [2.75, 3.05) is 4.90 Å². The lowest BCUT2D eigenvalue weighted by molar-refractivity contribution is 0.669. The Balaban J connectivity index is 0.000000254. The molecule has 0 amide bonds. The molecule has 0 atom stereocenters. The molecule has 0 saturated heterocycles. The molecule has 264 valence electrons. The van der Waals surface area contributed by atoms with Crippen LogP contribution >= 0.6 is 0 Å². The van der Waals surface area contributed by atoms with Crippen molar-refractivity contribution in [1.29, 1.82) is 0 Å². The van der Waals surface area contributed by atoms with E-state index in [2.05, 4.69) is 202 Å². The third-order valence-corrected chi connectivity index (χ3v) is 9.84. The summed E-state index contributed by atoms with van der Waals surface area (Å²) in [5.41, 5.74) is 16.1. The number of allylic oxidation sites excluding steroid dienone is 5. The van der Waals surface area contributed by atoms with Gasteiger partial charge in [-0.15, -0.1) is 0 Å². The van der Waals surface area contributed by atoms with Crippen molar-refractivity contribution in [3.63, 3.8) is 0 Å². The van der Waals surface area contributed by atoms with E-state index in [1.54, 1.807) is 0 Å². The molecule has 0 fully saturated rings. The van der Waals surface area contributed by atoms with Crippen LogP contribution in [0.1, 0.15) is 30.5 Å². The predicted molar refractivity (Wildman–Crippen MR) is 233 cm³/mol. The summed E-state index contributed by atoms with van der Waals surface area (Å²) in [6.07, 6.45) is 6.11. The summed E-state index contributed by atoms with van der Waals surface area (Å²) < 4.78 is 6.27. The first-order valence-corrected chi connectivity index (χ1v) is 18.5. The van der Waals surface area contributed by atoms with E-state index < -0.39 is 0 Å². The van der Waals surface area contributed by atoms with Crippen molar-refractivity contribution in [2.24, 2.45) is 0 Å². The van der Waals surface area contributed by atoms with Gasteiger partial charge in [-0.2, -0.15) is 0 Å². The van der Waals surface area contributed by atoms with E-state index in [9.17, 15) is 0 Å². The minimum Gasteiger partial charge on any atom is -0.456 e. The van der Waals surface area contributed by atoms with E-state index in [-0.39, 0.29) is 0 Å². The molecule has 0 aliphatic heterocycles. The van der Waals surface area contributed by atoms with Crippen LogP contribution in [0.2, 0.25) is 0 Å². The topological polar surface area (TPSA) is 16.4 Å². The lowest BCUT2D eigenvalue weighted by Crippen LogP contribution is -2.10. The first-order chi connectivity index (χ1) is 26.4. The van der Waals surface area contributed by atoms with Gasteiger partial charge in [-0.1, -0.05) is 152 Å². The molecule has 0 N–H and O–H groups in total. The Labute approximate surface area is 319 Å². The maximum absolute atomic E-state index is 6.27. The number of benzene rings is 7. The molecule has 7 aromatic carbocycles. The highest BCUT2D eigenvalue weighted by atomic mass is 16.3. The van der Waals surface area contributed by atoms with E-state index in [0.29, 0.717) is 0 Å². The predicted octanol–water partition coefficient (Wildman–Crippen LogP) is 15.2. The summed E-state index contributed by atoms with van der Waals surface area (Å²) in [4.78, 5) is 2.30. The molecule has 8 aromatic rings. The van der Waals surface area contributed by atoms with Crippen molar-refractivity contribution in [1.82, 2.24) is 0 Å². The summed E-state index contributed by atoms with van der Waals surface area (Å²) in [7, 11) is 0. The van der Waals surface area contributed by atoms with Crippen LogP contribution in [0.5, 0.6) is 0 Å². The Morgan fingerprint density at radius 2 is 1.13 bits per heavy atom. The number of fused-ring (bicyclic) bond motifs is 3. The first kappa shape index (κ1) is 35.7. The lowest BCUT2D eigenvalue weighted by atomic mass is 9.96. The molecule has 0 saturated carbocycles. The van der Waals surface area contributed by atoms with Crippen molar-refractivity contribution < 1.29 is 4.42 Å². The third kappa shape index (κ3) is 7.74. The van der Waals surface area contributed by atoms with Gasteiger partial charge in [0.1, 0.15) is 11.2 Å². The SMILES string of the molecule is C=C/C(C)=C(\C=C/C)c1ccccc1C.Cc1ccc(-c2cccc(N(c3ccc(-c4ccccc4)cc3)c3ccc4c(c3)oc3ccccc34)c2)cc1. The average Bonchev–Trinajstić information content (AvgIpc) is 3.59. The lowest BCUT2D eigenvalue weighted by Gasteiger charge is -2.26. The molecule has 0 radical (unpaired) electrons. The molecule has 0 bridgehead atoms. The van der Waals surface area contributed by atoms with Crippen molar-refractivity contribution in [3.05, 3.63) is 217 Å². The van der Waals surface area contributed by atoms with E-state index in [4.69, 9.17) is 4.42 Å². The van der Waals surface area contributed by atoms with Crippen LogP contribution in [0.3, 0.4) is 0 Å². The zero-order chi connectivity index (χ0) is 37.4. The molecule has 1 aromatic heterocycles. The first-order valence-electron chi connectivity index (χ1n) is 18.5. The van der Waals surface area contributed by atoms with Gasteiger partial charge < -0.3 is 9.32 Å². The van der Waals surface area contributed by atoms with Crippen LogP contribution < -0.4 is 4.90 Å². The number of nitrogens with zero attached hydrogens (tertiary/aromatic N) is 1. The second kappa shape index (κ2) is 16.4. The van der Waals surface area contributed by atoms with Gasteiger partial charge in [0.2, 0.25) is 0 Å². The zero-order valence-corrected chi connectivity index (χ0v) is 31.5. The van der Waals surface area contributed by atoms with Gasteiger partial charge in [0.15, 0.2) is 0 Å². The Hall–Kier alpha value is -6.64. The molecule has 0 aliphatic carbocycles. The van der Waals surface area contributed by atoms with E-state index in [1.807, 2.05) is 25.1 Å². The monoisotopic (exact) mass is 699 g/mol. The average molecular weight is 700 g/mol. The van der Waals surface area contributed by atoms with E-state index >= 15 is 0 Å². The van der Waals surface area contributed by atoms with Gasteiger partial charge in [0.05, 0.1) is 0 Å². The number of furan rings is 1. The van der Waals surface area contributed by atoms with Crippen LogP contribution in [0.15, 0.2) is 205 Å². The number of aryl methyl sites for hydroxylation is 2. The van der Waals surface area contributed by atoms with Gasteiger partial charge in [0, 0.05) is 33.9 Å². The van der Waals surface area contributed by atoms with Crippen LogP contribution in [0, 0.1) is 13.8 Å². The molecule has 1 heterocycles. The summed E-state index contributed by atoms with van der Waals surface area (Å²) in [6.45, 7) is 12.2. The Kier molecular flexibility index (Phi) is 10.8. The Morgan fingerprint density at radius 1 is 0.537 bits per heavy atom. The molecule has 2 nitrogen and oxygen atoms in total. The largest absolute Gasteiger partial charge is 0.456 e. The molecule has 2 heteroatoms. The van der Waals surface area contributed by atoms with Gasteiger partial charge in [-0.05, 0) is 115 Å². The summed E-state index contributed by atoms with van der Waals surface area (Å²) in [6, 6.07) is 59.9. The van der Waals surface area contributed by atoms with E-state index in [0.717, 1.165) is 39.0 Å². The quantitative estimate of drug-likeness (QED) is 0.147. The van der Waals surface area contributed by atoms with Crippen LogP contribution in [0.4, 0.5) is 17.1 Å². The fraction of sp³-hybridized carbons (Fsp3) is 0.0769. The number of para-hydroxylation sites is 1. The van der Waals surface area contributed by atoms with Gasteiger partial charge in [-0.3, -0.25) is 0 Å². The maximum atomic E-state index is 6.27. The molecule has 0 spiro atoms. The summed E-state index contributed by atoms with van der Waals surface area (Å²) >= 11 is 0. The number of anilines is 3. The van der Waals surface area contributed by atoms with Gasteiger partial charge in [-0.25, -0.2) is 0 Å². The fourth-order valence-corrected chi connectivity index (χ4v) is 6.89. The van der Waals surface area contributed by atoms with Crippen molar-refractivity contribution in [2.45, 2.75) is 27.7 Å². The van der Waals surface area contributed by atoms with Gasteiger partial charge in [0.25, 0.3) is 0 Å². The minimum atomic E-state index is 0.884. The molecular formula is C52H45NO. The van der Waals surface area contributed by atoms with Crippen LogP contribution in [0.25, 0.3) is 49.8 Å². The Bertz CT molecular complexity index is 2590. The van der Waals surface area contributed by atoms with Gasteiger partial charge >= 0.3 is 0 Å².